The monoisotopic (exact) mass is 406 g/mol. The number of carbonyl (C=O) groups is 1. The topological polar surface area (TPSA) is 94.2 Å². The highest BCUT2D eigenvalue weighted by Crippen LogP contribution is 2.34. The lowest BCUT2D eigenvalue weighted by Gasteiger charge is -2.33. The minimum absolute atomic E-state index is 0.0849. The van der Waals surface area contributed by atoms with Crippen molar-refractivity contribution in [3.05, 3.63) is 48.5 Å². The van der Waals surface area contributed by atoms with Crippen LogP contribution in [0.5, 0.6) is 17.2 Å². The molecule has 0 saturated carbocycles. The minimum Gasteiger partial charge on any atom is -0.497 e. The Morgan fingerprint density at radius 2 is 1.96 bits per heavy atom. The van der Waals surface area contributed by atoms with Crippen molar-refractivity contribution in [1.29, 1.82) is 0 Å². The lowest BCUT2D eigenvalue weighted by molar-refractivity contribution is -0.127. The van der Waals surface area contributed by atoms with Gasteiger partial charge in [-0.3, -0.25) is 9.10 Å². The molecule has 3 rings (SSSR count). The van der Waals surface area contributed by atoms with E-state index in [0.717, 1.165) is 6.26 Å². The van der Waals surface area contributed by atoms with E-state index in [1.165, 1.54) is 4.31 Å². The lowest BCUT2D eigenvalue weighted by Crippen LogP contribution is -2.51. The number of amides is 1. The highest BCUT2D eigenvalue weighted by atomic mass is 32.2. The van der Waals surface area contributed by atoms with E-state index in [0.29, 0.717) is 22.9 Å². The number of carbonyl (C=O) groups excluding carboxylic acids is 1. The second kappa shape index (κ2) is 8.39. The van der Waals surface area contributed by atoms with Crippen LogP contribution in [0.15, 0.2) is 48.5 Å². The molecule has 28 heavy (non-hydrogen) atoms. The summed E-state index contributed by atoms with van der Waals surface area (Å²) in [6.07, 6.45) is 0.160. The summed E-state index contributed by atoms with van der Waals surface area (Å²) in [4.78, 5) is 12.5. The van der Waals surface area contributed by atoms with Gasteiger partial charge in [0.15, 0.2) is 6.10 Å². The van der Waals surface area contributed by atoms with Crippen molar-refractivity contribution in [2.45, 2.75) is 6.10 Å². The quantitative estimate of drug-likeness (QED) is 0.699. The fraction of sp³-hybridized carbons (Fsp3) is 0.316. The molecule has 1 atom stereocenters. The van der Waals surface area contributed by atoms with Crippen molar-refractivity contribution in [3.8, 4) is 17.2 Å². The first-order valence-electron chi connectivity index (χ1n) is 8.66. The molecule has 0 saturated heterocycles. The Bertz CT molecular complexity index is 947. The summed E-state index contributed by atoms with van der Waals surface area (Å²) >= 11 is 0. The van der Waals surface area contributed by atoms with Crippen LogP contribution in [0.2, 0.25) is 0 Å². The van der Waals surface area contributed by atoms with E-state index < -0.39 is 22.0 Å². The van der Waals surface area contributed by atoms with Crippen LogP contribution in [-0.4, -0.2) is 53.5 Å². The van der Waals surface area contributed by atoms with Crippen LogP contribution in [0.25, 0.3) is 0 Å². The molecule has 1 heterocycles. The zero-order valence-corrected chi connectivity index (χ0v) is 16.4. The summed E-state index contributed by atoms with van der Waals surface area (Å²) in [6.45, 7) is 0.410. The molecule has 9 heteroatoms. The third-order valence-electron chi connectivity index (χ3n) is 4.14. The second-order valence-corrected chi connectivity index (χ2v) is 8.09. The van der Waals surface area contributed by atoms with Crippen LogP contribution in [0.1, 0.15) is 0 Å². The van der Waals surface area contributed by atoms with Crippen LogP contribution >= 0.6 is 0 Å². The molecular weight excluding hydrogens is 384 g/mol. The summed E-state index contributed by atoms with van der Waals surface area (Å²) < 4.78 is 41.8. The molecule has 0 fully saturated rings. The summed E-state index contributed by atoms with van der Waals surface area (Å²) in [5.41, 5.74) is 0.426. The fourth-order valence-corrected chi connectivity index (χ4v) is 3.72. The van der Waals surface area contributed by atoms with Crippen LogP contribution < -0.4 is 23.8 Å². The van der Waals surface area contributed by atoms with Crippen molar-refractivity contribution in [2.75, 3.05) is 37.4 Å². The number of benzene rings is 2. The molecule has 0 spiro atoms. The number of rotatable bonds is 7. The molecule has 2 aromatic rings. The molecule has 0 bridgehead atoms. The van der Waals surface area contributed by atoms with Gasteiger partial charge in [-0.15, -0.1) is 0 Å². The van der Waals surface area contributed by atoms with Gasteiger partial charge in [0.25, 0.3) is 5.91 Å². The Labute approximate surface area is 164 Å². The number of para-hydroxylation sites is 2. The van der Waals surface area contributed by atoms with Gasteiger partial charge in [0.1, 0.15) is 23.9 Å². The zero-order valence-electron chi connectivity index (χ0n) is 15.6. The van der Waals surface area contributed by atoms with Crippen LogP contribution in [-0.2, 0) is 14.8 Å². The van der Waals surface area contributed by atoms with E-state index in [1.54, 1.807) is 55.6 Å². The van der Waals surface area contributed by atoms with Gasteiger partial charge in [0, 0.05) is 6.07 Å². The smallest absolute Gasteiger partial charge is 0.263 e. The van der Waals surface area contributed by atoms with Gasteiger partial charge in [-0.25, -0.2) is 8.42 Å². The Hall–Kier alpha value is -2.94. The number of ether oxygens (including phenoxy) is 3. The van der Waals surface area contributed by atoms with Gasteiger partial charge in [-0.2, -0.15) is 0 Å². The average Bonchev–Trinajstić information content (AvgIpc) is 2.69. The van der Waals surface area contributed by atoms with Gasteiger partial charge in [-0.05, 0) is 24.3 Å². The van der Waals surface area contributed by atoms with E-state index >= 15 is 0 Å². The molecule has 0 radical (unpaired) electrons. The highest BCUT2D eigenvalue weighted by Gasteiger charge is 2.34. The second-order valence-electron chi connectivity index (χ2n) is 6.19. The van der Waals surface area contributed by atoms with Crippen LogP contribution in [0, 0.1) is 0 Å². The van der Waals surface area contributed by atoms with Crippen molar-refractivity contribution < 1.29 is 27.4 Å². The number of anilines is 1. The summed E-state index contributed by atoms with van der Waals surface area (Å²) in [5, 5.41) is 2.71. The third-order valence-corrected chi connectivity index (χ3v) is 5.29. The standard InChI is InChI=1S/C19H22N2O6S/c1-25-14-6-5-7-15(12-14)26-11-10-20-19(22)18-13-21(28(2,23)24)16-8-3-4-9-17(16)27-18/h3-9,12,18H,10-11,13H2,1-2H3,(H,20,22)/t18-/m0/s1. The summed E-state index contributed by atoms with van der Waals surface area (Å²) in [5.74, 6) is 1.25. The first kappa shape index (κ1) is 19.8. The van der Waals surface area contributed by atoms with Gasteiger partial charge in [0.2, 0.25) is 10.0 Å². The Kier molecular flexibility index (Phi) is 5.93. The van der Waals surface area contributed by atoms with Gasteiger partial charge >= 0.3 is 0 Å². The largest absolute Gasteiger partial charge is 0.497 e. The first-order valence-corrected chi connectivity index (χ1v) is 10.5. The zero-order chi connectivity index (χ0) is 20.1. The molecule has 0 aromatic heterocycles. The normalized spacial score (nSPS) is 15.9. The molecule has 1 aliphatic rings. The van der Waals surface area contributed by atoms with Gasteiger partial charge in [-0.1, -0.05) is 18.2 Å². The molecule has 0 aliphatic carbocycles. The molecular formula is C19H22N2O6S. The van der Waals surface area contributed by atoms with E-state index in [-0.39, 0.29) is 19.7 Å². The van der Waals surface area contributed by atoms with Crippen LogP contribution in [0.4, 0.5) is 5.69 Å². The molecule has 1 aliphatic heterocycles. The lowest BCUT2D eigenvalue weighted by atomic mass is 10.2. The molecule has 2 aromatic carbocycles. The molecule has 1 amide bonds. The predicted molar refractivity (Wildman–Crippen MR) is 105 cm³/mol. The van der Waals surface area contributed by atoms with E-state index in [4.69, 9.17) is 14.2 Å². The molecule has 8 nitrogen and oxygen atoms in total. The number of fused-ring (bicyclic) bond motifs is 1. The number of hydrogen-bond acceptors (Lipinski definition) is 6. The third kappa shape index (κ3) is 4.66. The molecule has 150 valence electrons. The number of nitrogens with zero attached hydrogens (tertiary/aromatic N) is 1. The first-order chi connectivity index (χ1) is 13.4. The number of hydrogen-bond donors (Lipinski definition) is 1. The number of nitrogens with one attached hydrogen (secondary N) is 1. The Morgan fingerprint density at radius 3 is 2.71 bits per heavy atom. The predicted octanol–water partition coefficient (Wildman–Crippen LogP) is 1.42. The summed E-state index contributed by atoms with van der Waals surface area (Å²) in [7, 11) is -1.97. The highest BCUT2D eigenvalue weighted by molar-refractivity contribution is 7.92. The maximum atomic E-state index is 12.5. The van der Waals surface area contributed by atoms with E-state index in [9.17, 15) is 13.2 Å². The maximum absolute atomic E-state index is 12.5. The fourth-order valence-electron chi connectivity index (χ4n) is 2.80. The van der Waals surface area contributed by atoms with Crippen molar-refractivity contribution in [1.82, 2.24) is 5.32 Å². The van der Waals surface area contributed by atoms with Crippen molar-refractivity contribution >= 4 is 21.6 Å². The minimum atomic E-state index is -3.54. The maximum Gasteiger partial charge on any atom is 0.263 e. The number of methoxy groups -OCH3 is 1. The molecule has 1 N–H and O–H groups in total. The average molecular weight is 406 g/mol. The number of sulfonamides is 1. The van der Waals surface area contributed by atoms with Crippen LogP contribution in [0.3, 0.4) is 0 Å². The summed E-state index contributed by atoms with van der Waals surface area (Å²) in [6, 6.07) is 13.9. The van der Waals surface area contributed by atoms with E-state index in [1.807, 2.05) is 0 Å². The van der Waals surface area contributed by atoms with E-state index in [2.05, 4.69) is 5.32 Å². The molecule has 0 unspecified atom stereocenters. The Morgan fingerprint density at radius 1 is 1.21 bits per heavy atom. The van der Waals surface area contributed by atoms with Gasteiger partial charge in [0.05, 0.1) is 32.1 Å². The Balaban J connectivity index is 1.57. The van der Waals surface area contributed by atoms with Crippen molar-refractivity contribution in [3.63, 3.8) is 0 Å². The van der Waals surface area contributed by atoms with Crippen molar-refractivity contribution in [2.24, 2.45) is 0 Å². The van der Waals surface area contributed by atoms with Gasteiger partial charge < -0.3 is 19.5 Å². The SMILES string of the molecule is COc1cccc(OCCNC(=O)[C@@H]2CN(S(C)(=O)=O)c3ccccc3O2)c1.